The number of aliphatic hydroxyl groups is 1. The number of rotatable bonds is 5. The van der Waals surface area contributed by atoms with Gasteiger partial charge < -0.3 is 9.63 Å². The normalized spacial score (nSPS) is 14.4. The number of hydrogen-bond acceptors (Lipinski definition) is 4. The molecular formula is C15H18Cl2N2O2. The van der Waals surface area contributed by atoms with E-state index in [0.29, 0.717) is 28.2 Å². The molecule has 0 fully saturated rings. The van der Waals surface area contributed by atoms with Gasteiger partial charge in [-0.1, -0.05) is 48.3 Å². The summed E-state index contributed by atoms with van der Waals surface area (Å²) in [5.41, 5.74) is 0.954. The van der Waals surface area contributed by atoms with E-state index in [1.54, 1.807) is 19.1 Å². The maximum absolute atomic E-state index is 9.84. The minimum atomic E-state index is -0.539. The van der Waals surface area contributed by atoms with Crippen molar-refractivity contribution < 1.29 is 9.63 Å². The topological polar surface area (TPSA) is 59.2 Å². The Balaban J connectivity index is 2.17. The Morgan fingerprint density at radius 3 is 2.48 bits per heavy atom. The monoisotopic (exact) mass is 328 g/mol. The molecule has 6 heteroatoms. The van der Waals surface area contributed by atoms with Gasteiger partial charge in [0.25, 0.3) is 0 Å². The van der Waals surface area contributed by atoms with Gasteiger partial charge in [-0.25, -0.2) is 0 Å². The second-order valence-corrected chi connectivity index (χ2v) is 6.30. The fourth-order valence-corrected chi connectivity index (χ4v) is 2.68. The zero-order valence-corrected chi connectivity index (χ0v) is 13.7. The molecule has 1 heterocycles. The third kappa shape index (κ3) is 3.96. The van der Waals surface area contributed by atoms with Crippen LogP contribution in [0.3, 0.4) is 0 Å². The lowest BCUT2D eigenvalue weighted by Gasteiger charge is -2.19. The second kappa shape index (κ2) is 6.77. The van der Waals surface area contributed by atoms with Crippen LogP contribution in [0.25, 0.3) is 0 Å². The highest BCUT2D eigenvalue weighted by Crippen LogP contribution is 2.27. The average Bonchev–Trinajstić information content (AvgIpc) is 2.81. The van der Waals surface area contributed by atoms with Gasteiger partial charge in [0.05, 0.1) is 22.1 Å². The molecule has 0 saturated carbocycles. The number of benzene rings is 1. The van der Waals surface area contributed by atoms with Gasteiger partial charge in [0.15, 0.2) is 5.82 Å². The molecule has 0 amide bonds. The van der Waals surface area contributed by atoms with Crippen LogP contribution in [0.5, 0.6) is 0 Å². The van der Waals surface area contributed by atoms with E-state index in [0.717, 1.165) is 5.56 Å². The second-order valence-electron chi connectivity index (χ2n) is 5.48. The van der Waals surface area contributed by atoms with Crippen LogP contribution >= 0.6 is 23.2 Å². The molecule has 0 aliphatic rings. The predicted molar refractivity (Wildman–Crippen MR) is 82.8 cm³/mol. The fraction of sp³-hybridized carbons (Fsp3) is 0.467. The van der Waals surface area contributed by atoms with Gasteiger partial charge >= 0.3 is 0 Å². The minimum Gasteiger partial charge on any atom is -0.393 e. The van der Waals surface area contributed by atoms with Gasteiger partial charge in [-0.2, -0.15) is 4.98 Å². The Morgan fingerprint density at radius 2 is 1.90 bits per heavy atom. The van der Waals surface area contributed by atoms with E-state index in [1.807, 2.05) is 19.9 Å². The molecule has 2 atom stereocenters. The summed E-state index contributed by atoms with van der Waals surface area (Å²) >= 11 is 11.9. The van der Waals surface area contributed by atoms with E-state index >= 15 is 0 Å². The van der Waals surface area contributed by atoms with Gasteiger partial charge in [0.1, 0.15) is 0 Å². The van der Waals surface area contributed by atoms with E-state index in [2.05, 4.69) is 10.1 Å². The van der Waals surface area contributed by atoms with Crippen molar-refractivity contribution in [3.63, 3.8) is 0 Å². The smallest absolute Gasteiger partial charge is 0.232 e. The van der Waals surface area contributed by atoms with E-state index in [4.69, 9.17) is 27.7 Å². The number of aliphatic hydroxyl groups excluding tert-OH is 1. The lowest BCUT2D eigenvalue weighted by Crippen LogP contribution is -2.20. The molecule has 1 aromatic carbocycles. The average molecular weight is 329 g/mol. The van der Waals surface area contributed by atoms with E-state index in [-0.39, 0.29) is 11.8 Å². The quantitative estimate of drug-likeness (QED) is 0.898. The van der Waals surface area contributed by atoms with Crippen molar-refractivity contribution in [3.8, 4) is 0 Å². The maximum Gasteiger partial charge on any atom is 0.232 e. The molecule has 0 bridgehead atoms. The Kier molecular flexibility index (Phi) is 5.25. The van der Waals surface area contributed by atoms with E-state index in [9.17, 15) is 5.11 Å². The van der Waals surface area contributed by atoms with Crippen LogP contribution in [-0.2, 0) is 6.42 Å². The summed E-state index contributed by atoms with van der Waals surface area (Å²) in [5, 5.41) is 14.8. The molecule has 2 aromatic rings. The zero-order valence-electron chi connectivity index (χ0n) is 12.2. The van der Waals surface area contributed by atoms with E-state index < -0.39 is 6.10 Å². The first-order valence-corrected chi connectivity index (χ1v) is 7.58. The zero-order chi connectivity index (χ0) is 15.6. The van der Waals surface area contributed by atoms with Crippen LogP contribution in [0.15, 0.2) is 22.7 Å². The largest absolute Gasteiger partial charge is 0.393 e. The first-order valence-electron chi connectivity index (χ1n) is 6.83. The van der Waals surface area contributed by atoms with Crippen LogP contribution in [0.2, 0.25) is 10.0 Å². The van der Waals surface area contributed by atoms with Crippen LogP contribution < -0.4 is 0 Å². The maximum atomic E-state index is 9.84. The summed E-state index contributed by atoms with van der Waals surface area (Å²) in [5.74, 6) is 1.08. The molecule has 2 unspecified atom stereocenters. The molecule has 4 nitrogen and oxygen atoms in total. The summed E-state index contributed by atoms with van der Waals surface area (Å²) in [6.45, 7) is 5.76. The summed E-state index contributed by atoms with van der Waals surface area (Å²) < 4.78 is 5.30. The van der Waals surface area contributed by atoms with Gasteiger partial charge in [0, 0.05) is 6.42 Å². The van der Waals surface area contributed by atoms with Crippen molar-refractivity contribution in [2.24, 2.45) is 5.92 Å². The van der Waals surface area contributed by atoms with Crippen LogP contribution in [0.4, 0.5) is 0 Å². The number of hydrogen-bond donors (Lipinski definition) is 1. The van der Waals surface area contributed by atoms with Gasteiger partial charge in [-0.05, 0) is 30.5 Å². The first-order chi connectivity index (χ1) is 9.88. The Bertz CT molecular complexity index is 603. The molecule has 0 aliphatic heterocycles. The van der Waals surface area contributed by atoms with Crippen molar-refractivity contribution in [3.05, 3.63) is 45.5 Å². The summed E-state index contributed by atoms with van der Waals surface area (Å²) in [4.78, 5) is 4.39. The van der Waals surface area contributed by atoms with Gasteiger partial charge in [0.2, 0.25) is 5.89 Å². The molecule has 1 aromatic heterocycles. The number of aromatic nitrogens is 2. The molecular weight excluding hydrogens is 311 g/mol. The standard InChI is InChI=1S/C15H18Cl2N2O2/c1-8(2)14(9(3)20)15-18-13(19-21-15)7-10-4-5-11(16)12(17)6-10/h4-6,8-9,14,20H,7H2,1-3H3. The Labute approximate surface area is 134 Å². The van der Waals surface area contributed by atoms with Crippen molar-refractivity contribution >= 4 is 23.2 Å². The fourth-order valence-electron chi connectivity index (χ4n) is 2.36. The van der Waals surface area contributed by atoms with Crippen LogP contribution in [0, 0.1) is 5.92 Å². The summed E-state index contributed by atoms with van der Waals surface area (Å²) in [7, 11) is 0. The molecule has 0 aliphatic carbocycles. The molecule has 0 radical (unpaired) electrons. The van der Waals surface area contributed by atoms with Crippen molar-refractivity contribution in [2.45, 2.75) is 39.2 Å². The Hall–Kier alpha value is -1.10. The molecule has 2 rings (SSSR count). The molecule has 0 saturated heterocycles. The number of nitrogens with zero attached hydrogens (tertiary/aromatic N) is 2. The van der Waals surface area contributed by atoms with E-state index in [1.165, 1.54) is 0 Å². The van der Waals surface area contributed by atoms with Crippen molar-refractivity contribution in [2.75, 3.05) is 0 Å². The molecule has 1 N–H and O–H groups in total. The minimum absolute atomic E-state index is 0.167. The molecule has 0 spiro atoms. The highest BCUT2D eigenvalue weighted by molar-refractivity contribution is 6.42. The third-order valence-electron chi connectivity index (χ3n) is 3.35. The van der Waals surface area contributed by atoms with Crippen LogP contribution in [-0.4, -0.2) is 21.4 Å². The van der Waals surface area contributed by atoms with Gasteiger partial charge in [-0.3, -0.25) is 0 Å². The van der Waals surface area contributed by atoms with Gasteiger partial charge in [-0.15, -0.1) is 0 Å². The lowest BCUT2D eigenvalue weighted by molar-refractivity contribution is 0.120. The SMILES string of the molecule is CC(C)C(c1nc(Cc2ccc(Cl)c(Cl)c2)no1)C(C)O. The first kappa shape index (κ1) is 16.3. The van der Waals surface area contributed by atoms with Crippen molar-refractivity contribution in [1.29, 1.82) is 0 Å². The highest BCUT2D eigenvalue weighted by Gasteiger charge is 2.27. The predicted octanol–water partition coefficient (Wildman–Crippen LogP) is 4.09. The lowest BCUT2D eigenvalue weighted by atomic mass is 9.91. The van der Waals surface area contributed by atoms with Crippen molar-refractivity contribution in [1.82, 2.24) is 10.1 Å². The summed E-state index contributed by atoms with van der Waals surface area (Å²) in [6.07, 6.45) is -0.0337. The number of halogens is 2. The Morgan fingerprint density at radius 1 is 1.19 bits per heavy atom. The summed E-state index contributed by atoms with van der Waals surface area (Å²) in [6, 6.07) is 5.40. The highest BCUT2D eigenvalue weighted by atomic mass is 35.5. The van der Waals surface area contributed by atoms with Crippen LogP contribution in [0.1, 0.15) is 44.0 Å². The third-order valence-corrected chi connectivity index (χ3v) is 4.09. The molecule has 114 valence electrons. The molecule has 21 heavy (non-hydrogen) atoms.